The van der Waals surface area contributed by atoms with Crippen molar-refractivity contribution in [3.8, 4) is 0 Å². The first-order valence-electron chi connectivity index (χ1n) is 2.96. The van der Waals surface area contributed by atoms with Gasteiger partial charge in [-0.3, -0.25) is 0 Å². The number of carboxylic acids is 1. The minimum Gasteiger partial charge on any atom is -0.612 e. The average Bonchev–Trinajstić information content (AvgIpc) is 1.85. The SMILES string of the molecule is CC1=NC(C(=O)O)=C[S@@+]([O-])C1. The quantitative estimate of drug-likeness (QED) is 0.573. The molecule has 60 valence electrons. The molecule has 1 atom stereocenters. The fraction of sp³-hybridized carbons (Fsp3) is 0.333. The Labute approximate surface area is 66.8 Å². The molecule has 5 heteroatoms. The van der Waals surface area contributed by atoms with Crippen LogP contribution in [0.1, 0.15) is 6.92 Å². The van der Waals surface area contributed by atoms with Gasteiger partial charge < -0.3 is 9.66 Å². The fourth-order valence-corrected chi connectivity index (χ4v) is 1.70. The Kier molecular flexibility index (Phi) is 2.31. The van der Waals surface area contributed by atoms with Crippen molar-refractivity contribution in [1.29, 1.82) is 0 Å². The van der Waals surface area contributed by atoms with Gasteiger partial charge in [0.25, 0.3) is 0 Å². The third-order valence-electron chi connectivity index (χ3n) is 1.12. The Balaban J connectivity index is 2.87. The third kappa shape index (κ3) is 2.06. The van der Waals surface area contributed by atoms with Crippen molar-refractivity contribution in [3.63, 3.8) is 0 Å². The van der Waals surface area contributed by atoms with Crippen LogP contribution in [0.2, 0.25) is 0 Å². The largest absolute Gasteiger partial charge is 0.612 e. The summed E-state index contributed by atoms with van der Waals surface area (Å²) >= 11 is -1.19. The molecule has 11 heavy (non-hydrogen) atoms. The van der Waals surface area contributed by atoms with E-state index < -0.39 is 17.1 Å². The monoisotopic (exact) mass is 173 g/mol. The number of hydrogen-bond acceptors (Lipinski definition) is 3. The van der Waals surface area contributed by atoms with Gasteiger partial charge >= 0.3 is 5.97 Å². The zero-order chi connectivity index (χ0) is 8.43. The third-order valence-corrected chi connectivity index (χ3v) is 2.31. The lowest BCUT2D eigenvalue weighted by molar-refractivity contribution is -0.132. The van der Waals surface area contributed by atoms with Crippen molar-refractivity contribution in [2.45, 2.75) is 6.92 Å². The lowest BCUT2D eigenvalue weighted by Gasteiger charge is -2.10. The minimum absolute atomic E-state index is 0.118. The van der Waals surface area contributed by atoms with E-state index in [0.717, 1.165) is 5.41 Å². The van der Waals surface area contributed by atoms with Crippen LogP contribution >= 0.6 is 0 Å². The maximum Gasteiger partial charge on any atom is 0.359 e. The number of hydrogen-bond donors (Lipinski definition) is 1. The van der Waals surface area contributed by atoms with E-state index in [9.17, 15) is 9.35 Å². The first-order valence-corrected chi connectivity index (χ1v) is 4.34. The highest BCUT2D eigenvalue weighted by molar-refractivity contribution is 7.95. The van der Waals surface area contributed by atoms with E-state index in [2.05, 4.69) is 4.99 Å². The Morgan fingerprint density at radius 3 is 3.00 bits per heavy atom. The molecule has 1 N–H and O–H groups in total. The normalized spacial score (nSPS) is 24.0. The number of carboxylic acid groups (broad SMARTS) is 1. The molecular formula is C6H7NO3S. The molecule has 0 radical (unpaired) electrons. The highest BCUT2D eigenvalue weighted by Crippen LogP contribution is 2.10. The summed E-state index contributed by atoms with van der Waals surface area (Å²) in [5, 5.41) is 9.63. The second-order valence-corrected chi connectivity index (χ2v) is 3.47. The fourth-order valence-electron chi connectivity index (χ4n) is 0.735. The lowest BCUT2D eigenvalue weighted by Crippen LogP contribution is -2.18. The van der Waals surface area contributed by atoms with E-state index >= 15 is 0 Å². The van der Waals surface area contributed by atoms with Crippen LogP contribution in [0.4, 0.5) is 0 Å². The van der Waals surface area contributed by atoms with Gasteiger partial charge in [-0.25, -0.2) is 9.79 Å². The standard InChI is InChI=1S/C6H7NO3S/c1-4-2-11(10)3-5(7-4)6(8)9/h3H,2H2,1H3,(H,8,9)/t11-/m0/s1. The van der Waals surface area contributed by atoms with Gasteiger partial charge in [-0.05, 0) is 18.1 Å². The summed E-state index contributed by atoms with van der Waals surface area (Å²) in [5.74, 6) is -0.783. The Morgan fingerprint density at radius 1 is 1.91 bits per heavy atom. The molecular weight excluding hydrogens is 166 g/mol. The Bertz CT molecular complexity index is 246. The summed E-state index contributed by atoms with van der Waals surface area (Å²) in [4.78, 5) is 14.1. The number of rotatable bonds is 1. The smallest absolute Gasteiger partial charge is 0.359 e. The van der Waals surface area contributed by atoms with Crippen LogP contribution in [0.25, 0.3) is 0 Å². The van der Waals surface area contributed by atoms with E-state index in [4.69, 9.17) is 5.11 Å². The van der Waals surface area contributed by atoms with Gasteiger partial charge in [0.05, 0.1) is 5.71 Å². The van der Waals surface area contributed by atoms with Gasteiger partial charge in [0, 0.05) is 0 Å². The van der Waals surface area contributed by atoms with Gasteiger partial charge in [0.15, 0.2) is 11.1 Å². The van der Waals surface area contributed by atoms with Crippen molar-refractivity contribution in [1.82, 2.24) is 0 Å². The summed E-state index contributed by atoms with van der Waals surface area (Å²) in [6, 6.07) is 0. The number of nitrogens with zero attached hydrogens (tertiary/aromatic N) is 1. The predicted molar refractivity (Wildman–Crippen MR) is 41.8 cm³/mol. The summed E-state index contributed by atoms with van der Waals surface area (Å²) < 4.78 is 10.9. The van der Waals surface area contributed by atoms with Crippen molar-refractivity contribution >= 4 is 22.9 Å². The second-order valence-electron chi connectivity index (χ2n) is 2.18. The molecule has 0 saturated carbocycles. The summed E-state index contributed by atoms with van der Waals surface area (Å²) in [5.41, 5.74) is 0.482. The molecule has 0 aliphatic carbocycles. The van der Waals surface area contributed by atoms with Crippen LogP contribution in [0.3, 0.4) is 0 Å². The molecule has 0 unspecified atom stereocenters. The maximum absolute atomic E-state index is 10.9. The zero-order valence-electron chi connectivity index (χ0n) is 5.90. The van der Waals surface area contributed by atoms with Gasteiger partial charge in [-0.15, -0.1) is 0 Å². The van der Waals surface area contributed by atoms with Crippen molar-refractivity contribution in [2.24, 2.45) is 4.99 Å². The molecule has 4 nitrogen and oxygen atoms in total. The van der Waals surface area contributed by atoms with Gasteiger partial charge in [-0.2, -0.15) is 0 Å². The molecule has 0 aromatic heterocycles. The van der Waals surface area contributed by atoms with Gasteiger partial charge in [0.1, 0.15) is 5.75 Å². The summed E-state index contributed by atoms with van der Waals surface area (Å²) in [7, 11) is 0. The maximum atomic E-state index is 10.9. The van der Waals surface area contributed by atoms with E-state index in [1.807, 2.05) is 0 Å². The molecule has 1 heterocycles. The van der Waals surface area contributed by atoms with E-state index in [1.165, 1.54) is 0 Å². The first kappa shape index (κ1) is 8.29. The molecule has 1 rings (SSSR count). The Hall–Kier alpha value is -0.810. The van der Waals surface area contributed by atoms with Crippen LogP contribution < -0.4 is 0 Å². The molecule has 1 aliphatic rings. The topological polar surface area (TPSA) is 72.7 Å². The van der Waals surface area contributed by atoms with Crippen LogP contribution in [0.5, 0.6) is 0 Å². The molecule has 0 spiro atoms. The van der Waals surface area contributed by atoms with Gasteiger partial charge in [-0.1, -0.05) is 0 Å². The Morgan fingerprint density at radius 2 is 2.55 bits per heavy atom. The van der Waals surface area contributed by atoms with Crippen LogP contribution in [-0.4, -0.2) is 27.1 Å². The highest BCUT2D eigenvalue weighted by atomic mass is 32.2. The molecule has 0 bridgehead atoms. The van der Waals surface area contributed by atoms with Crippen molar-refractivity contribution < 1.29 is 14.5 Å². The average molecular weight is 173 g/mol. The lowest BCUT2D eigenvalue weighted by atomic mass is 10.4. The summed E-state index contributed by atoms with van der Waals surface area (Å²) in [6.45, 7) is 1.66. The predicted octanol–water partition coefficient (Wildman–Crippen LogP) is 0.136. The second kappa shape index (κ2) is 3.06. The molecule has 0 aromatic carbocycles. The molecule has 1 aliphatic heterocycles. The molecule has 0 aromatic rings. The number of aliphatic carboxylic acids is 1. The van der Waals surface area contributed by atoms with Crippen LogP contribution in [-0.2, 0) is 16.0 Å². The van der Waals surface area contributed by atoms with Crippen molar-refractivity contribution in [2.75, 3.05) is 5.75 Å². The van der Waals surface area contributed by atoms with Crippen LogP contribution in [0.15, 0.2) is 16.1 Å². The van der Waals surface area contributed by atoms with Crippen LogP contribution in [0, 0.1) is 0 Å². The zero-order valence-corrected chi connectivity index (χ0v) is 6.72. The van der Waals surface area contributed by atoms with E-state index in [0.29, 0.717) is 11.5 Å². The molecule has 0 amide bonds. The molecule has 0 saturated heterocycles. The van der Waals surface area contributed by atoms with E-state index in [1.54, 1.807) is 6.92 Å². The van der Waals surface area contributed by atoms with E-state index in [-0.39, 0.29) is 5.70 Å². The summed E-state index contributed by atoms with van der Waals surface area (Å²) in [6.07, 6.45) is 0. The number of aliphatic imine (C=N–C) groups is 1. The molecule has 0 fully saturated rings. The number of carbonyl (C=O) groups is 1. The van der Waals surface area contributed by atoms with Gasteiger partial charge in [0.2, 0.25) is 0 Å². The van der Waals surface area contributed by atoms with Crippen molar-refractivity contribution in [3.05, 3.63) is 11.1 Å². The minimum atomic E-state index is -1.19. The highest BCUT2D eigenvalue weighted by Gasteiger charge is 2.18. The first-order chi connectivity index (χ1) is 5.09.